The molecule has 2 heterocycles. The molecular formula is C15H28N2O3. The number of hydrogen-bond donors (Lipinski definition) is 1. The van der Waals surface area contributed by atoms with E-state index >= 15 is 0 Å². The summed E-state index contributed by atoms with van der Waals surface area (Å²) in [7, 11) is 0. The third-order valence-electron chi connectivity index (χ3n) is 4.38. The molecule has 2 aliphatic rings. The minimum atomic E-state index is -0.158. The normalized spacial score (nSPS) is 32.4. The zero-order chi connectivity index (χ0) is 14.5. The summed E-state index contributed by atoms with van der Waals surface area (Å²) in [6.45, 7) is 6.96. The van der Waals surface area contributed by atoms with Gasteiger partial charge in [-0.2, -0.15) is 0 Å². The molecule has 116 valence electrons. The van der Waals surface area contributed by atoms with Crippen LogP contribution in [0.25, 0.3) is 0 Å². The Bertz CT molecular complexity index is 324. The van der Waals surface area contributed by atoms with E-state index in [9.17, 15) is 9.90 Å². The molecule has 0 saturated carbocycles. The van der Waals surface area contributed by atoms with Gasteiger partial charge in [-0.05, 0) is 32.6 Å². The summed E-state index contributed by atoms with van der Waals surface area (Å²) in [5.41, 5.74) is 0. The van der Waals surface area contributed by atoms with E-state index in [0.717, 1.165) is 32.4 Å². The Morgan fingerprint density at radius 2 is 2.15 bits per heavy atom. The maximum Gasteiger partial charge on any atom is 0.236 e. The Kier molecular flexibility index (Phi) is 5.81. The van der Waals surface area contributed by atoms with Gasteiger partial charge in [0.1, 0.15) is 0 Å². The molecule has 0 bridgehead atoms. The van der Waals surface area contributed by atoms with E-state index in [4.69, 9.17) is 4.74 Å². The summed E-state index contributed by atoms with van der Waals surface area (Å²) in [6, 6.07) is 0.420. The Morgan fingerprint density at radius 1 is 1.35 bits per heavy atom. The SMILES string of the molecule is CCC1CCCCN1C(=O)CN1CC(C)OC(CO)C1. The number of carbonyl (C=O) groups is 1. The van der Waals surface area contributed by atoms with Crippen molar-refractivity contribution < 1.29 is 14.6 Å². The molecule has 5 heteroatoms. The lowest BCUT2D eigenvalue weighted by molar-refractivity contribution is -0.141. The van der Waals surface area contributed by atoms with Crippen molar-refractivity contribution in [3.63, 3.8) is 0 Å². The zero-order valence-electron chi connectivity index (χ0n) is 12.8. The highest BCUT2D eigenvalue weighted by Crippen LogP contribution is 2.20. The number of hydrogen-bond acceptors (Lipinski definition) is 4. The summed E-state index contributed by atoms with van der Waals surface area (Å²) in [5.74, 6) is 0.238. The number of aliphatic hydroxyl groups is 1. The van der Waals surface area contributed by atoms with Crippen molar-refractivity contribution in [2.45, 2.75) is 57.8 Å². The molecule has 0 aromatic carbocycles. The van der Waals surface area contributed by atoms with Crippen LogP contribution in [0.4, 0.5) is 0 Å². The summed E-state index contributed by atoms with van der Waals surface area (Å²) < 4.78 is 5.62. The third kappa shape index (κ3) is 3.93. The molecule has 1 amide bonds. The monoisotopic (exact) mass is 284 g/mol. The van der Waals surface area contributed by atoms with Crippen molar-refractivity contribution in [3.05, 3.63) is 0 Å². The molecule has 0 spiro atoms. The first-order chi connectivity index (χ1) is 9.63. The van der Waals surface area contributed by atoms with Crippen LogP contribution >= 0.6 is 0 Å². The van der Waals surface area contributed by atoms with Crippen LogP contribution in [-0.2, 0) is 9.53 Å². The number of amides is 1. The molecule has 0 radical (unpaired) electrons. The zero-order valence-corrected chi connectivity index (χ0v) is 12.8. The van der Waals surface area contributed by atoms with Crippen LogP contribution in [0.5, 0.6) is 0 Å². The minimum Gasteiger partial charge on any atom is -0.394 e. The average Bonchev–Trinajstić information content (AvgIpc) is 2.46. The number of carbonyl (C=O) groups excluding carboxylic acids is 1. The van der Waals surface area contributed by atoms with Gasteiger partial charge in [0.05, 0.1) is 25.4 Å². The fourth-order valence-electron chi connectivity index (χ4n) is 3.41. The van der Waals surface area contributed by atoms with E-state index in [2.05, 4.69) is 16.7 Å². The standard InChI is InChI=1S/C15H28N2O3/c1-3-13-6-4-5-7-17(13)15(19)10-16-8-12(2)20-14(9-16)11-18/h12-14,18H,3-11H2,1-2H3. The number of morpholine rings is 1. The molecule has 2 saturated heterocycles. The fourth-order valence-corrected chi connectivity index (χ4v) is 3.41. The number of piperidine rings is 1. The van der Waals surface area contributed by atoms with Crippen LogP contribution in [0, 0.1) is 0 Å². The molecule has 1 N–H and O–H groups in total. The van der Waals surface area contributed by atoms with Crippen molar-refractivity contribution >= 4 is 5.91 Å². The fraction of sp³-hybridized carbons (Fsp3) is 0.933. The number of nitrogens with zero attached hydrogens (tertiary/aromatic N) is 2. The van der Waals surface area contributed by atoms with Gasteiger partial charge in [-0.25, -0.2) is 0 Å². The first-order valence-corrected chi connectivity index (χ1v) is 7.92. The maximum atomic E-state index is 12.5. The van der Waals surface area contributed by atoms with Gasteiger partial charge < -0.3 is 14.7 Å². The van der Waals surface area contributed by atoms with Crippen molar-refractivity contribution in [3.8, 4) is 0 Å². The first kappa shape index (κ1) is 15.7. The second-order valence-electron chi connectivity index (χ2n) is 6.09. The third-order valence-corrected chi connectivity index (χ3v) is 4.38. The van der Waals surface area contributed by atoms with Crippen LogP contribution in [0.2, 0.25) is 0 Å². The smallest absolute Gasteiger partial charge is 0.236 e. The van der Waals surface area contributed by atoms with Crippen LogP contribution in [-0.4, -0.2) is 71.8 Å². The molecular weight excluding hydrogens is 256 g/mol. The van der Waals surface area contributed by atoms with Gasteiger partial charge in [0.15, 0.2) is 0 Å². The van der Waals surface area contributed by atoms with E-state index in [0.29, 0.717) is 19.1 Å². The van der Waals surface area contributed by atoms with E-state index in [1.54, 1.807) is 0 Å². The Hall–Kier alpha value is -0.650. The number of rotatable bonds is 4. The van der Waals surface area contributed by atoms with Crippen LogP contribution in [0.15, 0.2) is 0 Å². The molecule has 2 rings (SSSR count). The van der Waals surface area contributed by atoms with Gasteiger partial charge in [-0.3, -0.25) is 9.69 Å². The predicted octanol–water partition coefficient (Wildman–Crippen LogP) is 0.859. The van der Waals surface area contributed by atoms with Crippen molar-refractivity contribution in [2.75, 3.05) is 32.8 Å². The second kappa shape index (κ2) is 7.38. The van der Waals surface area contributed by atoms with Gasteiger partial charge in [-0.1, -0.05) is 6.92 Å². The summed E-state index contributed by atoms with van der Waals surface area (Å²) >= 11 is 0. The number of ether oxygens (including phenoxy) is 1. The molecule has 3 unspecified atom stereocenters. The highest BCUT2D eigenvalue weighted by Gasteiger charge is 2.30. The highest BCUT2D eigenvalue weighted by atomic mass is 16.5. The quantitative estimate of drug-likeness (QED) is 0.832. The molecule has 0 aromatic heterocycles. The largest absolute Gasteiger partial charge is 0.394 e. The average molecular weight is 284 g/mol. The Labute approximate surface area is 121 Å². The second-order valence-corrected chi connectivity index (χ2v) is 6.09. The molecule has 0 aliphatic carbocycles. The maximum absolute atomic E-state index is 12.5. The molecule has 3 atom stereocenters. The van der Waals surface area contributed by atoms with E-state index in [-0.39, 0.29) is 24.7 Å². The van der Waals surface area contributed by atoms with E-state index in [1.165, 1.54) is 6.42 Å². The minimum absolute atomic E-state index is 0.0241. The van der Waals surface area contributed by atoms with Crippen LogP contribution < -0.4 is 0 Å². The van der Waals surface area contributed by atoms with E-state index in [1.807, 2.05) is 6.92 Å². The van der Waals surface area contributed by atoms with Gasteiger partial charge >= 0.3 is 0 Å². The van der Waals surface area contributed by atoms with Gasteiger partial charge in [0, 0.05) is 25.7 Å². The lowest BCUT2D eigenvalue weighted by Crippen LogP contribution is -2.53. The Morgan fingerprint density at radius 3 is 2.85 bits per heavy atom. The van der Waals surface area contributed by atoms with Crippen molar-refractivity contribution in [1.29, 1.82) is 0 Å². The molecule has 2 aliphatic heterocycles. The topological polar surface area (TPSA) is 53.0 Å². The predicted molar refractivity (Wildman–Crippen MR) is 77.5 cm³/mol. The Balaban J connectivity index is 1.89. The summed E-state index contributed by atoms with van der Waals surface area (Å²) in [6.07, 6.45) is 4.47. The molecule has 2 fully saturated rings. The number of aliphatic hydroxyl groups excluding tert-OH is 1. The van der Waals surface area contributed by atoms with E-state index < -0.39 is 0 Å². The van der Waals surface area contributed by atoms with Gasteiger partial charge in [0.2, 0.25) is 5.91 Å². The molecule has 0 aromatic rings. The van der Waals surface area contributed by atoms with Gasteiger partial charge in [0.25, 0.3) is 0 Å². The van der Waals surface area contributed by atoms with Crippen LogP contribution in [0.1, 0.15) is 39.5 Å². The summed E-state index contributed by atoms with van der Waals surface area (Å²) in [4.78, 5) is 16.7. The van der Waals surface area contributed by atoms with Crippen LogP contribution in [0.3, 0.4) is 0 Å². The highest BCUT2D eigenvalue weighted by molar-refractivity contribution is 5.78. The van der Waals surface area contributed by atoms with Crippen molar-refractivity contribution in [2.24, 2.45) is 0 Å². The lowest BCUT2D eigenvalue weighted by atomic mass is 10.00. The van der Waals surface area contributed by atoms with Crippen molar-refractivity contribution in [1.82, 2.24) is 9.80 Å². The lowest BCUT2D eigenvalue weighted by Gasteiger charge is -2.39. The first-order valence-electron chi connectivity index (χ1n) is 7.92. The molecule has 5 nitrogen and oxygen atoms in total. The van der Waals surface area contributed by atoms with Gasteiger partial charge in [-0.15, -0.1) is 0 Å². The number of likely N-dealkylation sites (tertiary alicyclic amines) is 1. The molecule has 20 heavy (non-hydrogen) atoms. The summed E-state index contributed by atoms with van der Waals surface area (Å²) in [5, 5.41) is 9.24.